The van der Waals surface area contributed by atoms with E-state index in [0.717, 1.165) is 0 Å². The van der Waals surface area contributed by atoms with Gasteiger partial charge in [-0.05, 0) is 0 Å². The van der Waals surface area contributed by atoms with Crippen LogP contribution in [0.25, 0.3) is 11.2 Å². The highest BCUT2D eigenvalue weighted by Crippen LogP contribution is 2.36. The van der Waals surface area contributed by atoms with Gasteiger partial charge in [-0.25, -0.2) is 15.0 Å². The van der Waals surface area contributed by atoms with E-state index in [1.54, 1.807) is 0 Å². The molecule has 1 saturated heterocycles. The number of rotatable bonds is 2. The van der Waals surface area contributed by atoms with Crippen LogP contribution in [0.1, 0.15) is 6.23 Å². The van der Waals surface area contributed by atoms with Crippen molar-refractivity contribution < 1.29 is 20.1 Å². The maximum atomic E-state index is 10.2. The minimum absolute atomic E-state index is 0.173. The lowest BCUT2D eigenvalue weighted by Crippen LogP contribution is -2.54. The summed E-state index contributed by atoms with van der Waals surface area (Å²) in [5, 5.41) is 29.2. The molecule has 10 nitrogen and oxygen atoms in total. The van der Waals surface area contributed by atoms with E-state index >= 15 is 0 Å². The first-order valence-corrected chi connectivity index (χ1v) is 5.85. The molecule has 7 N–H and O–H groups in total. The first-order chi connectivity index (χ1) is 9.46. The monoisotopic (exact) mass is 282 g/mol. The van der Waals surface area contributed by atoms with Crippen molar-refractivity contribution in [2.24, 2.45) is 5.73 Å². The second-order valence-corrected chi connectivity index (χ2v) is 4.62. The van der Waals surface area contributed by atoms with Crippen LogP contribution in [0.5, 0.6) is 0 Å². The van der Waals surface area contributed by atoms with Gasteiger partial charge in [0.15, 0.2) is 23.4 Å². The SMILES string of the molecule is Nc1ncnc2c1ncn2[C@@H]1O[C@H](CO)[C@@H](O)[C@@]1(N)O. The number of nitrogen functional groups attached to an aromatic ring is 1. The Labute approximate surface area is 112 Å². The highest BCUT2D eigenvalue weighted by atomic mass is 16.6. The molecular weight excluding hydrogens is 268 g/mol. The van der Waals surface area contributed by atoms with Gasteiger partial charge in [-0.1, -0.05) is 0 Å². The Bertz CT molecular complexity index is 644. The van der Waals surface area contributed by atoms with Crippen LogP contribution >= 0.6 is 0 Å². The number of imidazole rings is 1. The number of aliphatic hydroxyl groups is 3. The van der Waals surface area contributed by atoms with Crippen LogP contribution in [0.15, 0.2) is 12.7 Å². The van der Waals surface area contributed by atoms with Gasteiger partial charge in [0.05, 0.1) is 12.9 Å². The predicted octanol–water partition coefficient (Wildman–Crippen LogP) is -2.69. The molecule has 108 valence electrons. The molecule has 1 aliphatic rings. The molecule has 0 radical (unpaired) electrons. The summed E-state index contributed by atoms with van der Waals surface area (Å²) in [7, 11) is 0. The Morgan fingerprint density at radius 1 is 1.40 bits per heavy atom. The normalized spacial score (nSPS) is 33.9. The zero-order chi connectivity index (χ0) is 14.5. The van der Waals surface area contributed by atoms with Crippen molar-refractivity contribution >= 4 is 17.0 Å². The average Bonchev–Trinajstić information content (AvgIpc) is 2.92. The van der Waals surface area contributed by atoms with Crippen molar-refractivity contribution in [2.75, 3.05) is 12.3 Å². The second kappa shape index (κ2) is 4.33. The van der Waals surface area contributed by atoms with Gasteiger partial charge in [-0.3, -0.25) is 10.3 Å². The van der Waals surface area contributed by atoms with Crippen molar-refractivity contribution in [1.82, 2.24) is 19.5 Å². The van der Waals surface area contributed by atoms with Gasteiger partial charge in [-0.15, -0.1) is 0 Å². The molecule has 0 saturated carbocycles. The lowest BCUT2D eigenvalue weighted by molar-refractivity contribution is -0.103. The summed E-state index contributed by atoms with van der Waals surface area (Å²) >= 11 is 0. The highest BCUT2D eigenvalue weighted by molar-refractivity contribution is 5.81. The summed E-state index contributed by atoms with van der Waals surface area (Å²) in [5.41, 5.74) is 9.90. The fourth-order valence-corrected chi connectivity index (χ4v) is 2.27. The molecule has 20 heavy (non-hydrogen) atoms. The average molecular weight is 282 g/mol. The zero-order valence-electron chi connectivity index (χ0n) is 10.3. The molecule has 3 rings (SSSR count). The van der Waals surface area contributed by atoms with E-state index < -0.39 is 30.8 Å². The quantitative estimate of drug-likeness (QED) is 0.368. The summed E-state index contributed by atoms with van der Waals surface area (Å²) < 4.78 is 6.72. The molecule has 4 atom stereocenters. The van der Waals surface area contributed by atoms with E-state index in [1.165, 1.54) is 17.2 Å². The Kier molecular flexibility index (Phi) is 2.84. The smallest absolute Gasteiger partial charge is 0.188 e. The number of ether oxygens (including phenoxy) is 1. The van der Waals surface area contributed by atoms with Crippen molar-refractivity contribution in [3.8, 4) is 0 Å². The molecule has 2 aromatic heterocycles. The van der Waals surface area contributed by atoms with Crippen LogP contribution in [0.4, 0.5) is 5.82 Å². The van der Waals surface area contributed by atoms with Crippen molar-refractivity contribution in [2.45, 2.75) is 24.2 Å². The maximum Gasteiger partial charge on any atom is 0.188 e. The Morgan fingerprint density at radius 2 is 2.15 bits per heavy atom. The van der Waals surface area contributed by atoms with Crippen molar-refractivity contribution in [1.29, 1.82) is 0 Å². The third-order valence-corrected chi connectivity index (χ3v) is 3.34. The van der Waals surface area contributed by atoms with Gasteiger partial charge in [0.2, 0.25) is 0 Å². The minimum Gasteiger partial charge on any atom is -0.394 e. The lowest BCUT2D eigenvalue weighted by Gasteiger charge is -2.26. The number of anilines is 1. The topological polar surface area (TPSA) is 166 Å². The van der Waals surface area contributed by atoms with Gasteiger partial charge in [0, 0.05) is 0 Å². The lowest BCUT2D eigenvalue weighted by atomic mass is 10.1. The number of hydrogen-bond donors (Lipinski definition) is 5. The van der Waals surface area contributed by atoms with E-state index in [2.05, 4.69) is 15.0 Å². The van der Waals surface area contributed by atoms with Crippen LogP contribution in [-0.4, -0.2) is 59.4 Å². The second-order valence-electron chi connectivity index (χ2n) is 4.62. The van der Waals surface area contributed by atoms with Crippen LogP contribution in [0, 0.1) is 0 Å². The van der Waals surface area contributed by atoms with E-state index in [-0.39, 0.29) is 5.82 Å². The molecule has 1 aliphatic heterocycles. The zero-order valence-corrected chi connectivity index (χ0v) is 10.3. The summed E-state index contributed by atoms with van der Waals surface area (Å²) in [4.78, 5) is 11.8. The molecule has 0 bridgehead atoms. The van der Waals surface area contributed by atoms with Crippen molar-refractivity contribution in [3.05, 3.63) is 12.7 Å². The summed E-state index contributed by atoms with van der Waals surface area (Å²) in [5.74, 6) is 0.173. The summed E-state index contributed by atoms with van der Waals surface area (Å²) in [6.07, 6.45) is -1.06. The van der Waals surface area contributed by atoms with Crippen LogP contribution in [-0.2, 0) is 4.74 Å². The van der Waals surface area contributed by atoms with E-state index in [1.807, 2.05) is 0 Å². The fourth-order valence-electron chi connectivity index (χ4n) is 2.27. The predicted molar refractivity (Wildman–Crippen MR) is 65.9 cm³/mol. The number of nitrogens with two attached hydrogens (primary N) is 2. The number of hydrogen-bond acceptors (Lipinski definition) is 9. The Morgan fingerprint density at radius 3 is 2.80 bits per heavy atom. The van der Waals surface area contributed by atoms with E-state index in [0.29, 0.717) is 11.2 Å². The number of nitrogens with zero attached hydrogens (tertiary/aromatic N) is 4. The van der Waals surface area contributed by atoms with E-state index in [9.17, 15) is 10.2 Å². The number of aliphatic hydroxyl groups excluding tert-OH is 2. The molecule has 10 heteroatoms. The maximum absolute atomic E-state index is 10.2. The van der Waals surface area contributed by atoms with Crippen LogP contribution in [0.2, 0.25) is 0 Å². The minimum atomic E-state index is -2.10. The molecule has 0 aliphatic carbocycles. The molecular formula is C10H14N6O4. The molecule has 0 amide bonds. The largest absolute Gasteiger partial charge is 0.394 e. The van der Waals surface area contributed by atoms with Gasteiger partial charge < -0.3 is 25.8 Å². The molecule has 1 fully saturated rings. The van der Waals surface area contributed by atoms with Gasteiger partial charge in [-0.2, -0.15) is 0 Å². The molecule has 0 unspecified atom stereocenters. The summed E-state index contributed by atoms with van der Waals surface area (Å²) in [6.45, 7) is -0.485. The Balaban J connectivity index is 2.10. The molecule has 0 aromatic carbocycles. The van der Waals surface area contributed by atoms with Gasteiger partial charge in [0.25, 0.3) is 0 Å². The standard InChI is InChI=1S/C10H14N6O4/c11-7-5-8(14-2-13-7)16(3-15-5)9-10(12,19)6(18)4(1-17)20-9/h2-4,6,9,17-19H,1,12H2,(H2,11,13,14)/t4-,6-,9-,10-/m1/s1. The van der Waals surface area contributed by atoms with Gasteiger partial charge >= 0.3 is 0 Å². The Hall–Kier alpha value is -1.85. The van der Waals surface area contributed by atoms with E-state index in [4.69, 9.17) is 21.3 Å². The third-order valence-electron chi connectivity index (χ3n) is 3.34. The first-order valence-electron chi connectivity index (χ1n) is 5.85. The first kappa shape index (κ1) is 13.1. The third kappa shape index (κ3) is 1.67. The van der Waals surface area contributed by atoms with Crippen molar-refractivity contribution in [3.63, 3.8) is 0 Å². The molecule has 2 aromatic rings. The number of aromatic nitrogens is 4. The highest BCUT2D eigenvalue weighted by Gasteiger charge is 2.54. The van der Waals surface area contributed by atoms with Gasteiger partial charge in [0.1, 0.15) is 24.1 Å². The summed E-state index contributed by atoms with van der Waals surface area (Å²) in [6, 6.07) is 0. The number of fused-ring (bicyclic) bond motifs is 1. The molecule has 3 heterocycles. The van der Waals surface area contributed by atoms with Crippen LogP contribution in [0.3, 0.4) is 0 Å². The van der Waals surface area contributed by atoms with Crippen LogP contribution < -0.4 is 11.5 Å². The molecule has 0 spiro atoms. The fraction of sp³-hybridized carbons (Fsp3) is 0.500.